The first kappa shape index (κ1) is 43.6. The molecule has 0 saturated heterocycles. The van der Waals surface area contributed by atoms with E-state index in [1.165, 1.54) is 33.4 Å². The van der Waals surface area contributed by atoms with Gasteiger partial charge in [0.05, 0.1) is 33.8 Å². The van der Waals surface area contributed by atoms with Crippen LogP contribution in [0.3, 0.4) is 0 Å². The van der Waals surface area contributed by atoms with E-state index in [9.17, 15) is 0 Å². The molecule has 0 saturated carbocycles. The first-order valence-corrected chi connectivity index (χ1v) is 24.4. The van der Waals surface area contributed by atoms with Crippen LogP contribution in [0, 0.1) is 0 Å². The third kappa shape index (κ3) is 8.59. The average Bonchev–Trinajstić information content (AvgIpc) is 3.47. The highest BCUT2D eigenvalue weighted by molar-refractivity contribution is 5.96. The Morgan fingerprint density at radius 1 is 0.194 bits per heavy atom. The number of hydrogen-bond acceptors (Lipinski definition) is 4. The summed E-state index contributed by atoms with van der Waals surface area (Å²) in [6.07, 6.45) is 0. The second kappa shape index (κ2) is 19.8. The topological polar surface area (TPSA) is 32.3 Å². The molecule has 72 heavy (non-hydrogen) atoms. The van der Waals surface area contributed by atoms with Gasteiger partial charge in [-0.3, -0.25) is 0 Å². The monoisotopic (exact) mass is 920 g/mol. The third-order valence-corrected chi connectivity index (χ3v) is 13.3. The maximum Gasteiger partial charge on any atom is 0.0973 e. The van der Waals surface area contributed by atoms with Crippen molar-refractivity contribution in [3.05, 3.63) is 291 Å². The molecule has 0 aliphatic heterocycles. The molecule has 12 aromatic rings. The van der Waals surface area contributed by atoms with Crippen molar-refractivity contribution in [2.24, 2.45) is 0 Å². The summed E-state index contributed by atoms with van der Waals surface area (Å²) in [7, 11) is 0. The van der Waals surface area contributed by atoms with Gasteiger partial charge in [-0.1, -0.05) is 218 Å². The lowest BCUT2D eigenvalue weighted by Crippen LogP contribution is -2.11. The molecule has 0 radical (unpaired) electrons. The van der Waals surface area contributed by atoms with Crippen LogP contribution in [0.2, 0.25) is 0 Å². The number of hydrogen-bond donors (Lipinski definition) is 0. The zero-order valence-corrected chi connectivity index (χ0v) is 39.5. The minimum atomic E-state index is 0.819. The van der Waals surface area contributed by atoms with Gasteiger partial charge in [0.1, 0.15) is 0 Å². The molecule has 1 aromatic heterocycles. The van der Waals surface area contributed by atoms with E-state index in [4.69, 9.17) is 9.97 Å². The fraction of sp³-hybridized carbons (Fsp3) is 0. The minimum absolute atomic E-state index is 0.819. The highest BCUT2D eigenvalue weighted by atomic mass is 15.1. The van der Waals surface area contributed by atoms with E-state index >= 15 is 0 Å². The van der Waals surface area contributed by atoms with Crippen LogP contribution >= 0.6 is 0 Å². The van der Waals surface area contributed by atoms with Crippen LogP contribution in [0.25, 0.3) is 78.1 Å². The summed E-state index contributed by atoms with van der Waals surface area (Å²) in [6.45, 7) is 0. The van der Waals surface area contributed by atoms with Gasteiger partial charge in [0.25, 0.3) is 0 Å². The average molecular weight is 921 g/mol. The van der Waals surface area contributed by atoms with E-state index in [0.29, 0.717) is 0 Å². The molecule has 1 heterocycles. The summed E-state index contributed by atoms with van der Waals surface area (Å²) in [5, 5.41) is 0. The Bertz CT molecular complexity index is 3530. The lowest BCUT2D eigenvalue weighted by atomic mass is 9.93. The van der Waals surface area contributed by atoms with Crippen LogP contribution in [0.1, 0.15) is 0 Å². The normalized spacial score (nSPS) is 11.1. The van der Waals surface area contributed by atoms with Gasteiger partial charge in [0, 0.05) is 45.0 Å². The second-order valence-electron chi connectivity index (χ2n) is 17.7. The zero-order chi connectivity index (χ0) is 48.1. The van der Waals surface area contributed by atoms with Crippen molar-refractivity contribution in [2.45, 2.75) is 0 Å². The minimum Gasteiger partial charge on any atom is -0.310 e. The number of fused-ring (bicyclic) bond motifs is 1. The summed E-state index contributed by atoms with van der Waals surface area (Å²) in [4.78, 5) is 15.4. The van der Waals surface area contributed by atoms with Crippen LogP contribution in [0.4, 0.5) is 34.1 Å². The lowest BCUT2D eigenvalue weighted by molar-refractivity contribution is 1.26. The predicted molar refractivity (Wildman–Crippen MR) is 302 cm³/mol. The quantitative estimate of drug-likeness (QED) is 0.122. The molecule has 4 nitrogen and oxygen atoms in total. The highest BCUT2D eigenvalue weighted by Gasteiger charge is 2.22. The Morgan fingerprint density at radius 2 is 0.472 bits per heavy atom. The van der Waals surface area contributed by atoms with Crippen molar-refractivity contribution in [3.63, 3.8) is 0 Å². The molecule has 11 aromatic carbocycles. The molecule has 0 N–H and O–H groups in total. The van der Waals surface area contributed by atoms with E-state index in [2.05, 4.69) is 277 Å². The van der Waals surface area contributed by atoms with Crippen LogP contribution in [-0.4, -0.2) is 9.97 Å². The van der Waals surface area contributed by atoms with E-state index in [1.54, 1.807) is 0 Å². The van der Waals surface area contributed by atoms with Crippen molar-refractivity contribution in [1.82, 2.24) is 9.97 Å². The Hall–Kier alpha value is -9.64. The van der Waals surface area contributed by atoms with Crippen molar-refractivity contribution < 1.29 is 0 Å². The van der Waals surface area contributed by atoms with E-state index in [0.717, 1.165) is 78.8 Å². The highest BCUT2D eigenvalue weighted by Crippen LogP contribution is 2.46. The van der Waals surface area contributed by atoms with Crippen LogP contribution in [0.5, 0.6) is 0 Å². The smallest absolute Gasteiger partial charge is 0.0973 e. The van der Waals surface area contributed by atoms with Gasteiger partial charge in [-0.2, -0.15) is 0 Å². The number of para-hydroxylation sites is 6. The fourth-order valence-corrected chi connectivity index (χ4v) is 9.92. The van der Waals surface area contributed by atoms with Crippen LogP contribution < -0.4 is 9.80 Å². The summed E-state index contributed by atoms with van der Waals surface area (Å²) >= 11 is 0. The number of aromatic nitrogens is 2. The maximum atomic E-state index is 5.35. The largest absolute Gasteiger partial charge is 0.310 e. The summed E-state index contributed by atoms with van der Waals surface area (Å²) in [6, 6.07) is 103. The molecule has 0 aliphatic rings. The molecule has 0 fully saturated rings. The molecule has 0 atom stereocenters. The summed E-state index contributed by atoms with van der Waals surface area (Å²) in [5.74, 6) is 0. The number of rotatable bonds is 12. The molecule has 0 amide bonds. The predicted octanol–water partition coefficient (Wildman–Crippen LogP) is 18.6. The Balaban J connectivity index is 0.945. The van der Waals surface area contributed by atoms with Gasteiger partial charge < -0.3 is 9.80 Å². The Kier molecular flexibility index (Phi) is 12.0. The summed E-state index contributed by atoms with van der Waals surface area (Å²) in [5.41, 5.74) is 21.0. The van der Waals surface area contributed by atoms with E-state index in [1.807, 2.05) is 24.3 Å². The second-order valence-corrected chi connectivity index (χ2v) is 17.7. The van der Waals surface area contributed by atoms with Crippen molar-refractivity contribution >= 4 is 45.2 Å². The fourth-order valence-electron chi connectivity index (χ4n) is 9.92. The number of anilines is 6. The molecule has 0 aliphatic carbocycles. The Morgan fingerprint density at radius 3 is 0.847 bits per heavy atom. The van der Waals surface area contributed by atoms with Gasteiger partial charge in [-0.25, -0.2) is 9.97 Å². The summed E-state index contributed by atoms with van der Waals surface area (Å²) < 4.78 is 0. The number of benzene rings is 11. The van der Waals surface area contributed by atoms with Crippen molar-refractivity contribution in [3.8, 4) is 67.0 Å². The first-order chi connectivity index (χ1) is 35.7. The third-order valence-electron chi connectivity index (χ3n) is 13.3. The van der Waals surface area contributed by atoms with Crippen LogP contribution in [0.15, 0.2) is 291 Å². The molecular weight excluding hydrogens is 873 g/mol. The van der Waals surface area contributed by atoms with Crippen molar-refractivity contribution in [1.29, 1.82) is 0 Å². The SMILES string of the molecule is c1ccc(-c2ccccc2-c2ccccc2N(c2ccccc2)c2ccc(-c3nc4ccccc4nc3-c3ccc(N(c4ccccc4)c4ccccc4-c4ccccc4-c4ccccc4)cc3)cc2)cc1. The van der Waals surface area contributed by atoms with Gasteiger partial charge >= 0.3 is 0 Å². The molecule has 0 bridgehead atoms. The molecule has 0 unspecified atom stereocenters. The van der Waals surface area contributed by atoms with Gasteiger partial charge in [-0.15, -0.1) is 0 Å². The molecule has 4 heteroatoms. The maximum absolute atomic E-state index is 5.35. The number of nitrogens with zero attached hydrogens (tertiary/aromatic N) is 4. The van der Waals surface area contributed by atoms with E-state index in [-0.39, 0.29) is 0 Å². The van der Waals surface area contributed by atoms with Gasteiger partial charge in [-0.05, 0) is 106 Å². The van der Waals surface area contributed by atoms with Crippen molar-refractivity contribution in [2.75, 3.05) is 9.80 Å². The first-order valence-electron chi connectivity index (χ1n) is 24.4. The molecule has 12 rings (SSSR count). The molecule has 0 spiro atoms. The molecular formula is C68H48N4. The lowest BCUT2D eigenvalue weighted by Gasteiger charge is -2.28. The van der Waals surface area contributed by atoms with Crippen LogP contribution in [-0.2, 0) is 0 Å². The standard InChI is InChI=1S/C68H48N4/c1-5-23-49(24-6-1)57-31-13-15-33-59(57)61-35-17-21-39-65(61)71(53-27-9-3-10-28-53)55-45-41-51(42-46-55)67-68(70-64-38-20-19-37-63(64)69-67)52-43-47-56(48-44-52)72(54-29-11-4-12-30-54)66-40-22-18-36-62(66)60-34-16-14-32-58(60)50-25-7-2-8-26-50/h1-48H. The molecule has 340 valence electrons. The van der Waals surface area contributed by atoms with Gasteiger partial charge in [0.2, 0.25) is 0 Å². The van der Waals surface area contributed by atoms with Gasteiger partial charge in [0.15, 0.2) is 0 Å². The van der Waals surface area contributed by atoms with E-state index < -0.39 is 0 Å². The zero-order valence-electron chi connectivity index (χ0n) is 39.5. The Labute approximate surface area is 421 Å².